The maximum atomic E-state index is 12.0. The summed E-state index contributed by atoms with van der Waals surface area (Å²) in [5, 5.41) is 12.9. The SMILES string of the molecule is O=C(CSc1ncccc1C(=O)O)Nc1nc2c(s1)CCCC2. The number of thiazole rings is 1. The molecule has 0 saturated carbocycles. The van der Waals surface area contributed by atoms with Gasteiger partial charge in [0.25, 0.3) is 0 Å². The van der Waals surface area contributed by atoms with Gasteiger partial charge in [0.05, 0.1) is 17.0 Å². The summed E-state index contributed by atoms with van der Waals surface area (Å²) in [6.45, 7) is 0. The highest BCUT2D eigenvalue weighted by Crippen LogP contribution is 2.29. The second kappa shape index (κ2) is 7.10. The lowest BCUT2D eigenvalue weighted by Crippen LogP contribution is -2.14. The summed E-state index contributed by atoms with van der Waals surface area (Å²) in [6, 6.07) is 3.04. The number of nitrogens with zero attached hydrogens (tertiary/aromatic N) is 2. The molecule has 0 bridgehead atoms. The minimum Gasteiger partial charge on any atom is -0.478 e. The number of pyridine rings is 1. The molecule has 1 aliphatic carbocycles. The van der Waals surface area contributed by atoms with E-state index in [4.69, 9.17) is 5.11 Å². The summed E-state index contributed by atoms with van der Waals surface area (Å²) in [7, 11) is 0. The first kappa shape index (κ1) is 15.9. The zero-order chi connectivity index (χ0) is 16.2. The molecule has 0 aromatic carbocycles. The molecule has 0 fully saturated rings. The number of aromatic nitrogens is 2. The van der Waals surface area contributed by atoms with Gasteiger partial charge in [0.2, 0.25) is 5.91 Å². The maximum Gasteiger partial charge on any atom is 0.338 e. The van der Waals surface area contributed by atoms with Crippen LogP contribution in [0.25, 0.3) is 0 Å². The van der Waals surface area contributed by atoms with Crippen LogP contribution in [0, 0.1) is 0 Å². The van der Waals surface area contributed by atoms with Crippen LogP contribution >= 0.6 is 23.1 Å². The average Bonchev–Trinajstić information content (AvgIpc) is 2.95. The number of carbonyl (C=O) groups excluding carboxylic acids is 1. The Morgan fingerprint density at radius 3 is 2.96 bits per heavy atom. The molecule has 0 unspecified atom stereocenters. The Hall–Kier alpha value is -1.93. The fourth-order valence-electron chi connectivity index (χ4n) is 2.36. The molecule has 8 heteroatoms. The number of amides is 1. The van der Waals surface area contributed by atoms with Gasteiger partial charge in [-0.05, 0) is 37.8 Å². The van der Waals surface area contributed by atoms with Gasteiger partial charge in [0.15, 0.2) is 5.13 Å². The second-order valence-electron chi connectivity index (χ2n) is 5.09. The number of anilines is 1. The normalized spacial score (nSPS) is 13.4. The molecular weight excluding hydrogens is 334 g/mol. The Balaban J connectivity index is 1.60. The van der Waals surface area contributed by atoms with Crippen molar-refractivity contribution in [2.24, 2.45) is 0 Å². The molecule has 0 radical (unpaired) electrons. The first-order valence-electron chi connectivity index (χ1n) is 7.23. The lowest BCUT2D eigenvalue weighted by molar-refractivity contribution is -0.113. The Morgan fingerprint density at radius 2 is 2.17 bits per heavy atom. The molecule has 23 heavy (non-hydrogen) atoms. The van der Waals surface area contributed by atoms with Gasteiger partial charge in [-0.15, -0.1) is 11.3 Å². The number of rotatable bonds is 5. The topological polar surface area (TPSA) is 92.2 Å². The molecule has 2 heterocycles. The van der Waals surface area contributed by atoms with E-state index >= 15 is 0 Å². The summed E-state index contributed by atoms with van der Waals surface area (Å²) in [5.41, 5.74) is 1.21. The van der Waals surface area contributed by atoms with Gasteiger partial charge >= 0.3 is 5.97 Å². The molecule has 2 N–H and O–H groups in total. The zero-order valence-corrected chi connectivity index (χ0v) is 13.9. The van der Waals surface area contributed by atoms with Gasteiger partial charge in [-0.2, -0.15) is 0 Å². The number of aryl methyl sites for hydroxylation is 2. The highest BCUT2D eigenvalue weighted by atomic mass is 32.2. The van der Waals surface area contributed by atoms with Crippen molar-refractivity contribution in [3.05, 3.63) is 34.5 Å². The zero-order valence-electron chi connectivity index (χ0n) is 12.2. The smallest absolute Gasteiger partial charge is 0.338 e. The first-order valence-corrected chi connectivity index (χ1v) is 9.03. The van der Waals surface area contributed by atoms with E-state index in [1.54, 1.807) is 6.07 Å². The van der Waals surface area contributed by atoms with Crippen molar-refractivity contribution in [3.63, 3.8) is 0 Å². The minimum absolute atomic E-state index is 0.0987. The third-order valence-corrected chi connectivity index (χ3v) is 5.51. The van der Waals surface area contributed by atoms with E-state index in [-0.39, 0.29) is 17.2 Å². The number of nitrogens with one attached hydrogen (secondary N) is 1. The molecule has 0 atom stereocenters. The number of fused-ring (bicyclic) bond motifs is 1. The Bertz CT molecular complexity index is 722. The lowest BCUT2D eigenvalue weighted by atomic mass is 10.0. The fourth-order valence-corrected chi connectivity index (χ4v) is 4.22. The molecule has 0 saturated heterocycles. The van der Waals surface area contributed by atoms with Crippen LogP contribution in [0.2, 0.25) is 0 Å². The molecule has 1 amide bonds. The standard InChI is InChI=1S/C15H15N3O3S2/c19-12(8-22-13-9(14(20)21)4-3-7-16-13)18-15-17-10-5-1-2-6-11(10)23-15/h3-4,7H,1-2,5-6,8H2,(H,20,21)(H,17,18,19). The molecule has 120 valence electrons. The fraction of sp³-hybridized carbons (Fsp3) is 0.333. The van der Waals surface area contributed by atoms with Crippen molar-refractivity contribution in [1.82, 2.24) is 9.97 Å². The van der Waals surface area contributed by atoms with Crippen molar-refractivity contribution < 1.29 is 14.7 Å². The van der Waals surface area contributed by atoms with Crippen LogP contribution in [0.5, 0.6) is 0 Å². The van der Waals surface area contributed by atoms with Crippen molar-refractivity contribution in [2.75, 3.05) is 11.1 Å². The predicted octanol–water partition coefficient (Wildman–Crippen LogP) is 2.85. The molecule has 2 aromatic heterocycles. The first-order chi connectivity index (χ1) is 11.1. The third-order valence-electron chi connectivity index (χ3n) is 3.43. The molecule has 3 rings (SSSR count). The molecule has 6 nitrogen and oxygen atoms in total. The number of thioether (sulfide) groups is 1. The number of carbonyl (C=O) groups is 2. The molecule has 0 spiro atoms. The van der Waals surface area contributed by atoms with Crippen molar-refractivity contribution in [2.45, 2.75) is 30.7 Å². The average molecular weight is 349 g/mol. The monoisotopic (exact) mass is 349 g/mol. The van der Waals surface area contributed by atoms with Crippen LogP contribution in [0.3, 0.4) is 0 Å². The van der Waals surface area contributed by atoms with E-state index in [1.807, 2.05) is 0 Å². The Labute approximate surface area is 141 Å². The van der Waals surface area contributed by atoms with Gasteiger partial charge in [-0.25, -0.2) is 14.8 Å². The minimum atomic E-state index is -1.05. The number of hydrogen-bond acceptors (Lipinski definition) is 6. The van der Waals surface area contributed by atoms with E-state index in [1.165, 1.54) is 34.9 Å². The summed E-state index contributed by atoms with van der Waals surface area (Å²) < 4.78 is 0. The van der Waals surface area contributed by atoms with Crippen LogP contribution in [0.1, 0.15) is 33.8 Å². The van der Waals surface area contributed by atoms with Crippen molar-refractivity contribution >= 4 is 40.1 Å². The molecule has 0 aliphatic heterocycles. The highest BCUT2D eigenvalue weighted by Gasteiger charge is 2.17. The van der Waals surface area contributed by atoms with E-state index in [0.29, 0.717) is 10.2 Å². The predicted molar refractivity (Wildman–Crippen MR) is 89.3 cm³/mol. The summed E-state index contributed by atoms with van der Waals surface area (Å²) >= 11 is 2.64. The van der Waals surface area contributed by atoms with Crippen molar-refractivity contribution in [3.8, 4) is 0 Å². The van der Waals surface area contributed by atoms with Crippen LogP contribution < -0.4 is 5.32 Å². The van der Waals surface area contributed by atoms with Crippen molar-refractivity contribution in [1.29, 1.82) is 0 Å². The van der Waals surface area contributed by atoms with E-state index < -0.39 is 5.97 Å². The maximum absolute atomic E-state index is 12.0. The summed E-state index contributed by atoms with van der Waals surface area (Å²) in [4.78, 5) is 32.9. The van der Waals surface area contributed by atoms with Crippen LogP contribution in [-0.2, 0) is 17.6 Å². The lowest BCUT2D eigenvalue weighted by Gasteiger charge is -2.06. The number of carboxylic acids is 1. The number of aromatic carboxylic acids is 1. The third kappa shape index (κ3) is 3.89. The van der Waals surface area contributed by atoms with Gasteiger partial charge in [0, 0.05) is 11.1 Å². The molecule has 2 aromatic rings. The van der Waals surface area contributed by atoms with Gasteiger partial charge < -0.3 is 10.4 Å². The largest absolute Gasteiger partial charge is 0.478 e. The van der Waals surface area contributed by atoms with Crippen LogP contribution in [0.15, 0.2) is 23.4 Å². The quantitative estimate of drug-likeness (QED) is 0.807. The molecular formula is C15H15N3O3S2. The summed E-state index contributed by atoms with van der Waals surface area (Å²) in [6.07, 6.45) is 5.86. The van der Waals surface area contributed by atoms with Crippen LogP contribution in [0.4, 0.5) is 5.13 Å². The van der Waals surface area contributed by atoms with Gasteiger partial charge in [0.1, 0.15) is 5.03 Å². The number of hydrogen-bond donors (Lipinski definition) is 2. The van der Waals surface area contributed by atoms with E-state index in [2.05, 4.69) is 15.3 Å². The molecule has 1 aliphatic rings. The van der Waals surface area contributed by atoms with Gasteiger partial charge in [-0.1, -0.05) is 11.8 Å². The second-order valence-corrected chi connectivity index (χ2v) is 7.14. The Kier molecular flexibility index (Phi) is 4.92. The number of carboxylic acid groups (broad SMARTS) is 1. The summed E-state index contributed by atoms with van der Waals surface area (Å²) in [5.74, 6) is -1.15. The highest BCUT2D eigenvalue weighted by molar-refractivity contribution is 8.00. The Morgan fingerprint density at radius 1 is 1.35 bits per heavy atom. The van der Waals surface area contributed by atoms with E-state index in [0.717, 1.165) is 36.7 Å². The van der Waals surface area contributed by atoms with Gasteiger partial charge in [-0.3, -0.25) is 4.79 Å². The van der Waals surface area contributed by atoms with Crippen LogP contribution in [-0.4, -0.2) is 32.7 Å². The van der Waals surface area contributed by atoms with E-state index in [9.17, 15) is 9.59 Å².